The highest BCUT2D eigenvalue weighted by Crippen LogP contribution is 2.41. The smallest absolute Gasteiger partial charge is 0.232 e. The predicted molar refractivity (Wildman–Crippen MR) is 126 cm³/mol. The number of hydrogen-bond acceptors (Lipinski definition) is 8. The molecule has 8 nitrogen and oxygen atoms in total. The molecule has 3 N–H and O–H groups in total. The maximum absolute atomic E-state index is 5.98. The molecule has 0 spiro atoms. The summed E-state index contributed by atoms with van der Waals surface area (Å²) in [5, 5.41) is 13.0. The van der Waals surface area contributed by atoms with Gasteiger partial charge in [-0.05, 0) is 37.5 Å². The molecule has 1 fully saturated rings. The standard InChI is InChI=1S/C23H24N8S/c1-15(19-26-21(24)28-22(27-19)25-18-10-6-3-7-11-18)32-23-30-29-20(17-12-13-17)31(23)14-16-8-4-2-5-9-16/h2-11,15,17H,12-14H2,1H3,(H3,24,25,26,27,28). The van der Waals surface area contributed by atoms with Gasteiger partial charge >= 0.3 is 0 Å². The third-order valence-electron chi connectivity index (χ3n) is 5.22. The normalized spacial score (nSPS) is 14.3. The van der Waals surface area contributed by atoms with Crippen molar-refractivity contribution >= 4 is 29.3 Å². The van der Waals surface area contributed by atoms with Crippen LogP contribution in [0.5, 0.6) is 0 Å². The lowest BCUT2D eigenvalue weighted by molar-refractivity contribution is 0.666. The maximum Gasteiger partial charge on any atom is 0.232 e. The Kier molecular flexibility index (Phi) is 5.72. The second kappa shape index (κ2) is 8.96. The van der Waals surface area contributed by atoms with E-state index in [9.17, 15) is 0 Å². The third kappa shape index (κ3) is 4.72. The van der Waals surface area contributed by atoms with Gasteiger partial charge in [0.05, 0.1) is 11.8 Å². The molecule has 1 aliphatic carbocycles. The van der Waals surface area contributed by atoms with Crippen LogP contribution in [0.3, 0.4) is 0 Å². The van der Waals surface area contributed by atoms with Crippen LogP contribution < -0.4 is 11.1 Å². The van der Waals surface area contributed by atoms with Crippen LogP contribution in [0, 0.1) is 0 Å². The molecule has 4 aromatic rings. The molecule has 5 rings (SSSR count). The van der Waals surface area contributed by atoms with Crippen LogP contribution in [-0.4, -0.2) is 29.7 Å². The van der Waals surface area contributed by atoms with Crippen molar-refractivity contribution in [2.75, 3.05) is 11.1 Å². The molecule has 0 radical (unpaired) electrons. The number of aromatic nitrogens is 6. The lowest BCUT2D eigenvalue weighted by atomic mass is 10.2. The molecule has 32 heavy (non-hydrogen) atoms. The van der Waals surface area contributed by atoms with E-state index in [1.165, 1.54) is 18.4 Å². The van der Waals surface area contributed by atoms with E-state index >= 15 is 0 Å². The highest BCUT2D eigenvalue weighted by atomic mass is 32.2. The lowest BCUT2D eigenvalue weighted by Gasteiger charge is -2.14. The fourth-order valence-electron chi connectivity index (χ4n) is 3.45. The summed E-state index contributed by atoms with van der Waals surface area (Å²) >= 11 is 1.59. The monoisotopic (exact) mass is 444 g/mol. The minimum Gasteiger partial charge on any atom is -0.368 e. The number of nitrogens with one attached hydrogen (secondary N) is 1. The molecule has 0 saturated heterocycles. The quantitative estimate of drug-likeness (QED) is 0.381. The highest BCUT2D eigenvalue weighted by molar-refractivity contribution is 7.99. The maximum atomic E-state index is 5.98. The number of nitrogens with zero attached hydrogens (tertiary/aromatic N) is 6. The van der Waals surface area contributed by atoms with E-state index in [-0.39, 0.29) is 11.2 Å². The van der Waals surface area contributed by atoms with Crippen molar-refractivity contribution in [1.82, 2.24) is 29.7 Å². The Morgan fingerprint density at radius 2 is 1.72 bits per heavy atom. The number of nitrogen functional groups attached to an aromatic ring is 1. The van der Waals surface area contributed by atoms with Crippen LogP contribution in [-0.2, 0) is 6.54 Å². The first kappa shape index (κ1) is 20.4. The lowest BCUT2D eigenvalue weighted by Crippen LogP contribution is -2.10. The fourth-order valence-corrected chi connectivity index (χ4v) is 4.35. The van der Waals surface area contributed by atoms with Crippen molar-refractivity contribution in [1.29, 1.82) is 0 Å². The van der Waals surface area contributed by atoms with Crippen molar-refractivity contribution in [2.24, 2.45) is 0 Å². The topological polar surface area (TPSA) is 107 Å². The Morgan fingerprint density at radius 3 is 2.44 bits per heavy atom. The summed E-state index contributed by atoms with van der Waals surface area (Å²) in [5.41, 5.74) is 8.10. The molecular formula is C23H24N8S. The molecule has 1 aliphatic rings. The van der Waals surface area contributed by atoms with Crippen LogP contribution in [0.1, 0.15) is 48.1 Å². The first-order valence-corrected chi connectivity index (χ1v) is 11.5. The van der Waals surface area contributed by atoms with Crippen LogP contribution in [0.15, 0.2) is 65.8 Å². The molecule has 0 bridgehead atoms. The second-order valence-electron chi connectivity index (χ2n) is 7.81. The van der Waals surface area contributed by atoms with Gasteiger partial charge in [-0.2, -0.15) is 15.0 Å². The van der Waals surface area contributed by atoms with E-state index in [1.807, 2.05) is 43.3 Å². The highest BCUT2D eigenvalue weighted by Gasteiger charge is 2.31. The van der Waals surface area contributed by atoms with Gasteiger partial charge < -0.3 is 15.6 Å². The number of rotatable bonds is 8. The molecule has 0 aliphatic heterocycles. The van der Waals surface area contributed by atoms with Crippen molar-refractivity contribution < 1.29 is 0 Å². The van der Waals surface area contributed by atoms with Crippen molar-refractivity contribution in [2.45, 2.75) is 42.6 Å². The van der Waals surface area contributed by atoms with E-state index in [0.29, 0.717) is 17.7 Å². The van der Waals surface area contributed by atoms with E-state index < -0.39 is 0 Å². The van der Waals surface area contributed by atoms with Gasteiger partial charge in [-0.15, -0.1) is 10.2 Å². The molecule has 2 heterocycles. The van der Waals surface area contributed by atoms with Gasteiger partial charge in [0.25, 0.3) is 0 Å². The second-order valence-corrected chi connectivity index (χ2v) is 9.12. The summed E-state index contributed by atoms with van der Waals surface area (Å²) in [6, 6.07) is 20.1. The van der Waals surface area contributed by atoms with Crippen LogP contribution in [0.2, 0.25) is 0 Å². The van der Waals surface area contributed by atoms with Gasteiger partial charge in [-0.3, -0.25) is 0 Å². The number of para-hydroxylation sites is 1. The van der Waals surface area contributed by atoms with Crippen molar-refractivity contribution in [3.8, 4) is 0 Å². The number of benzene rings is 2. The first-order chi connectivity index (χ1) is 15.7. The molecule has 1 saturated carbocycles. The summed E-state index contributed by atoms with van der Waals surface area (Å²) in [7, 11) is 0. The van der Waals surface area contributed by atoms with Crippen LogP contribution in [0.4, 0.5) is 17.6 Å². The number of nitrogens with two attached hydrogens (primary N) is 1. The zero-order valence-electron chi connectivity index (χ0n) is 17.7. The minimum atomic E-state index is -0.0811. The van der Waals surface area contributed by atoms with Gasteiger partial charge in [0.1, 0.15) is 11.6 Å². The predicted octanol–water partition coefficient (Wildman–Crippen LogP) is 4.57. The number of thioether (sulfide) groups is 1. The van der Waals surface area contributed by atoms with E-state index in [4.69, 9.17) is 5.73 Å². The fraction of sp³-hybridized carbons (Fsp3) is 0.261. The van der Waals surface area contributed by atoms with Crippen molar-refractivity contribution in [3.05, 3.63) is 77.9 Å². The summed E-state index contributed by atoms with van der Waals surface area (Å²) in [4.78, 5) is 13.2. The van der Waals surface area contributed by atoms with Crippen molar-refractivity contribution in [3.63, 3.8) is 0 Å². The Labute approximate surface area is 190 Å². The Hall–Kier alpha value is -3.46. The van der Waals surface area contributed by atoms with Crippen LogP contribution >= 0.6 is 11.8 Å². The largest absolute Gasteiger partial charge is 0.368 e. The summed E-state index contributed by atoms with van der Waals surface area (Å²) in [6.45, 7) is 2.79. The van der Waals surface area contributed by atoms with Crippen LogP contribution in [0.25, 0.3) is 0 Å². The minimum absolute atomic E-state index is 0.0811. The van der Waals surface area contributed by atoms with Gasteiger partial charge in [-0.1, -0.05) is 60.3 Å². The molecular weight excluding hydrogens is 420 g/mol. The molecule has 1 atom stereocenters. The van der Waals surface area contributed by atoms with E-state index in [2.05, 4.69) is 59.3 Å². The Bertz CT molecular complexity index is 1190. The molecule has 9 heteroatoms. The molecule has 162 valence electrons. The number of hydrogen-bond donors (Lipinski definition) is 2. The summed E-state index contributed by atoms with van der Waals surface area (Å²) in [5.74, 6) is 2.78. The van der Waals surface area contributed by atoms with Gasteiger partial charge in [0.2, 0.25) is 11.9 Å². The molecule has 2 aromatic heterocycles. The van der Waals surface area contributed by atoms with Gasteiger partial charge in [0.15, 0.2) is 5.16 Å². The zero-order valence-corrected chi connectivity index (χ0v) is 18.5. The number of anilines is 3. The first-order valence-electron chi connectivity index (χ1n) is 10.6. The summed E-state index contributed by atoms with van der Waals surface area (Å²) < 4.78 is 2.22. The van der Waals surface area contributed by atoms with Gasteiger partial charge in [0, 0.05) is 11.6 Å². The van der Waals surface area contributed by atoms with E-state index in [1.54, 1.807) is 11.8 Å². The van der Waals surface area contributed by atoms with E-state index in [0.717, 1.165) is 23.2 Å². The Balaban J connectivity index is 1.38. The molecule has 0 amide bonds. The SMILES string of the molecule is CC(Sc1nnc(C2CC2)n1Cc1ccccc1)c1nc(N)nc(Nc2ccccc2)n1. The average Bonchev–Trinajstić information content (AvgIpc) is 3.57. The Morgan fingerprint density at radius 1 is 1.00 bits per heavy atom. The molecule has 1 unspecified atom stereocenters. The molecule has 2 aromatic carbocycles. The third-order valence-corrected chi connectivity index (χ3v) is 6.29. The summed E-state index contributed by atoms with van der Waals surface area (Å²) in [6.07, 6.45) is 2.34. The zero-order chi connectivity index (χ0) is 21.9. The van der Waals surface area contributed by atoms with Gasteiger partial charge in [-0.25, -0.2) is 0 Å². The average molecular weight is 445 g/mol.